The molecule has 1 saturated heterocycles. The molecule has 0 bridgehead atoms. The van der Waals surface area contributed by atoms with E-state index in [1.165, 1.54) is 0 Å². The molecule has 198 valence electrons. The maximum Gasteiger partial charge on any atom is 0.335 e. The van der Waals surface area contributed by atoms with Crippen LogP contribution < -0.4 is 0 Å². The smallest absolute Gasteiger partial charge is 0.335 e. The quantitative estimate of drug-likeness (QED) is 0.307. The molecule has 0 amide bonds. The number of nitrogens with zero attached hydrogens (tertiary/aromatic N) is 1. The van der Waals surface area contributed by atoms with E-state index in [4.69, 9.17) is 23.2 Å². The van der Waals surface area contributed by atoms with Gasteiger partial charge in [0.05, 0.1) is 18.3 Å². The van der Waals surface area contributed by atoms with Crippen molar-refractivity contribution in [3.8, 4) is 0 Å². The molecule has 1 aliphatic carbocycles. The topological polar surface area (TPSA) is 60.8 Å². The van der Waals surface area contributed by atoms with Gasteiger partial charge in [-0.15, -0.1) is 0 Å². The lowest BCUT2D eigenvalue weighted by molar-refractivity contribution is -0.00608. The average molecular weight is 554 g/mol. The van der Waals surface area contributed by atoms with Gasteiger partial charge in [0.25, 0.3) is 0 Å². The third kappa shape index (κ3) is 5.52. The minimum Gasteiger partial charge on any atom is -0.478 e. The van der Waals surface area contributed by atoms with E-state index in [0.717, 1.165) is 77.9 Å². The fraction of sp³-hybridized carbons (Fsp3) is 0.323. The summed E-state index contributed by atoms with van der Waals surface area (Å²) in [6.45, 7) is 1.95. The van der Waals surface area contributed by atoms with Gasteiger partial charge in [-0.3, -0.25) is 4.39 Å². The number of benzene rings is 3. The van der Waals surface area contributed by atoms with Crippen molar-refractivity contribution in [2.45, 2.75) is 31.8 Å². The zero-order valence-corrected chi connectivity index (χ0v) is 22.5. The van der Waals surface area contributed by atoms with Crippen LogP contribution in [-0.2, 0) is 6.42 Å². The van der Waals surface area contributed by atoms with Crippen molar-refractivity contribution >= 4 is 40.3 Å². The molecule has 1 aliphatic heterocycles. The lowest BCUT2D eigenvalue weighted by Gasteiger charge is -2.41. The molecule has 0 radical (unpaired) electrons. The fourth-order valence-electron chi connectivity index (χ4n) is 5.65. The van der Waals surface area contributed by atoms with Gasteiger partial charge in [-0.1, -0.05) is 59.6 Å². The van der Waals surface area contributed by atoms with E-state index in [1.54, 1.807) is 18.2 Å². The highest BCUT2D eigenvalue weighted by molar-refractivity contribution is 6.36. The van der Waals surface area contributed by atoms with E-state index >= 15 is 0 Å². The number of aliphatic hydroxyl groups is 1. The number of allylic oxidation sites excluding steroid dienone is 1. The Labute approximate surface area is 232 Å². The van der Waals surface area contributed by atoms with Gasteiger partial charge in [0.2, 0.25) is 0 Å². The third-order valence-electron chi connectivity index (χ3n) is 7.63. The lowest BCUT2D eigenvalue weighted by atomic mass is 9.85. The highest BCUT2D eigenvalue weighted by Gasteiger charge is 2.33. The summed E-state index contributed by atoms with van der Waals surface area (Å²) < 4.78 is 12.5. The molecule has 3 aromatic rings. The summed E-state index contributed by atoms with van der Waals surface area (Å²) in [7, 11) is 0. The lowest BCUT2D eigenvalue weighted by Crippen LogP contribution is -2.49. The summed E-state index contributed by atoms with van der Waals surface area (Å²) in [5.74, 6) is -0.808. The molecule has 2 N–H and O–H groups in total. The summed E-state index contributed by atoms with van der Waals surface area (Å²) >= 11 is 12.9. The fourth-order valence-corrected chi connectivity index (χ4v) is 6.17. The number of carbonyl (C=O) groups is 1. The first kappa shape index (κ1) is 26.9. The number of carboxylic acids is 1. The van der Waals surface area contributed by atoms with Crippen molar-refractivity contribution < 1.29 is 19.4 Å². The van der Waals surface area contributed by atoms with Gasteiger partial charge >= 0.3 is 5.97 Å². The largest absolute Gasteiger partial charge is 0.478 e. The number of hydrogen-bond acceptors (Lipinski definition) is 3. The van der Waals surface area contributed by atoms with Crippen LogP contribution in [0.3, 0.4) is 0 Å². The number of fused-ring (bicyclic) bond motifs is 1. The van der Waals surface area contributed by atoms with E-state index in [-0.39, 0.29) is 18.2 Å². The number of rotatable bonds is 8. The van der Waals surface area contributed by atoms with Crippen LogP contribution in [0.1, 0.15) is 63.5 Å². The SMILES string of the molecule is O=C(O)c1ccc2c(c1)CCCC(c1ccc(Cl)cc1Cl)=C2c1ccc(C(O)C2CN(CCCF)C2)cc1. The minimum absolute atomic E-state index is 0.135. The molecular weight excluding hydrogens is 524 g/mol. The Balaban J connectivity index is 1.53. The number of hydrogen-bond donors (Lipinski definition) is 2. The summed E-state index contributed by atoms with van der Waals surface area (Å²) in [4.78, 5) is 13.8. The summed E-state index contributed by atoms with van der Waals surface area (Å²) in [6, 6.07) is 18.8. The van der Waals surface area contributed by atoms with Gasteiger partial charge in [-0.05, 0) is 88.9 Å². The van der Waals surface area contributed by atoms with Crippen LogP contribution in [0.25, 0.3) is 11.1 Å². The molecule has 5 rings (SSSR count). The molecule has 4 nitrogen and oxygen atoms in total. The van der Waals surface area contributed by atoms with Crippen LogP contribution in [0.5, 0.6) is 0 Å². The molecule has 3 aromatic carbocycles. The number of aromatic carboxylic acids is 1. The van der Waals surface area contributed by atoms with Crippen molar-refractivity contribution in [2.24, 2.45) is 5.92 Å². The Kier molecular flexibility index (Phi) is 8.20. The standard InChI is InChI=1S/C31H30Cl2FNO3/c32-24-10-12-26(28(33)16-24)27-4-1-3-21-15-22(31(37)38)9-11-25(21)29(27)19-5-7-20(8-6-19)30(36)23-17-35(18-23)14-2-13-34/h5-12,15-16,23,30,36H,1-4,13-14,17-18H2,(H,37,38). The number of carboxylic acid groups (broad SMARTS) is 1. The molecule has 1 atom stereocenters. The summed E-state index contributed by atoms with van der Waals surface area (Å²) in [5.41, 5.74) is 7.10. The number of aliphatic hydroxyl groups excluding tert-OH is 1. The summed E-state index contributed by atoms with van der Waals surface area (Å²) in [5, 5.41) is 21.7. The van der Waals surface area contributed by atoms with E-state index in [9.17, 15) is 19.4 Å². The first-order chi connectivity index (χ1) is 18.4. The molecule has 1 unspecified atom stereocenters. The van der Waals surface area contributed by atoms with Crippen molar-refractivity contribution in [3.63, 3.8) is 0 Å². The first-order valence-corrected chi connectivity index (χ1v) is 13.7. The van der Waals surface area contributed by atoms with E-state index in [0.29, 0.717) is 16.5 Å². The number of halogens is 3. The minimum atomic E-state index is -0.943. The molecule has 0 aromatic heterocycles. The maximum atomic E-state index is 12.5. The molecule has 0 spiro atoms. The zero-order chi connectivity index (χ0) is 26.8. The van der Waals surface area contributed by atoms with Crippen LogP contribution in [0, 0.1) is 5.92 Å². The molecule has 7 heteroatoms. The van der Waals surface area contributed by atoms with Crippen LogP contribution in [-0.4, -0.2) is 47.4 Å². The summed E-state index contributed by atoms with van der Waals surface area (Å²) in [6.07, 6.45) is 2.33. The molecule has 0 saturated carbocycles. The Morgan fingerprint density at radius 2 is 1.74 bits per heavy atom. The second-order valence-corrected chi connectivity index (χ2v) is 11.0. The second-order valence-electron chi connectivity index (χ2n) is 10.1. The monoisotopic (exact) mass is 553 g/mol. The molecule has 2 aliphatic rings. The average Bonchev–Trinajstić information content (AvgIpc) is 3.07. The van der Waals surface area contributed by atoms with Gasteiger partial charge in [-0.2, -0.15) is 0 Å². The van der Waals surface area contributed by atoms with Gasteiger partial charge in [0, 0.05) is 35.6 Å². The maximum absolute atomic E-state index is 12.5. The van der Waals surface area contributed by atoms with Crippen LogP contribution in [0.2, 0.25) is 10.0 Å². The van der Waals surface area contributed by atoms with Crippen molar-refractivity contribution in [1.29, 1.82) is 0 Å². The second kappa shape index (κ2) is 11.6. The van der Waals surface area contributed by atoms with Crippen molar-refractivity contribution in [3.05, 3.63) is 104 Å². The van der Waals surface area contributed by atoms with Gasteiger partial charge in [-0.25, -0.2) is 4.79 Å². The van der Waals surface area contributed by atoms with Gasteiger partial charge in [0.1, 0.15) is 0 Å². The van der Waals surface area contributed by atoms with Crippen molar-refractivity contribution in [1.82, 2.24) is 4.90 Å². The van der Waals surface area contributed by atoms with Gasteiger partial charge < -0.3 is 15.1 Å². The Morgan fingerprint density at radius 1 is 1.00 bits per heavy atom. The molecule has 38 heavy (non-hydrogen) atoms. The highest BCUT2D eigenvalue weighted by atomic mass is 35.5. The first-order valence-electron chi connectivity index (χ1n) is 13.0. The zero-order valence-electron chi connectivity index (χ0n) is 21.0. The number of aryl methyl sites for hydroxylation is 1. The van der Waals surface area contributed by atoms with Crippen LogP contribution in [0.4, 0.5) is 4.39 Å². The molecular formula is C31H30Cl2FNO3. The van der Waals surface area contributed by atoms with E-state index in [1.807, 2.05) is 42.5 Å². The predicted octanol–water partition coefficient (Wildman–Crippen LogP) is 7.31. The molecule has 1 heterocycles. The number of likely N-dealkylation sites (tertiary alicyclic amines) is 1. The van der Waals surface area contributed by atoms with E-state index in [2.05, 4.69) is 4.90 Å². The van der Waals surface area contributed by atoms with Crippen molar-refractivity contribution in [2.75, 3.05) is 26.3 Å². The van der Waals surface area contributed by atoms with Gasteiger partial charge in [0.15, 0.2) is 0 Å². The van der Waals surface area contributed by atoms with Crippen LogP contribution >= 0.6 is 23.2 Å². The highest BCUT2D eigenvalue weighted by Crippen LogP contribution is 2.43. The normalized spacial score (nSPS) is 17.1. The van der Waals surface area contributed by atoms with E-state index < -0.39 is 12.1 Å². The van der Waals surface area contributed by atoms with Crippen LogP contribution in [0.15, 0.2) is 60.7 Å². The Hall–Kier alpha value is -2.70. The Morgan fingerprint density at radius 3 is 2.42 bits per heavy atom. The molecule has 1 fully saturated rings. The predicted molar refractivity (Wildman–Crippen MR) is 151 cm³/mol. The number of alkyl halides is 1. The Bertz CT molecular complexity index is 1370. The third-order valence-corrected chi connectivity index (χ3v) is 8.18.